The van der Waals surface area contributed by atoms with Gasteiger partial charge in [-0.2, -0.15) is 0 Å². The Morgan fingerprint density at radius 3 is 2.76 bits per heavy atom. The van der Waals surface area contributed by atoms with Crippen molar-refractivity contribution in [2.24, 2.45) is 0 Å². The Balaban J connectivity index is 1.46. The Morgan fingerprint density at radius 1 is 1.08 bits per heavy atom. The average Bonchev–Trinajstić information content (AvgIpc) is 3.03. The number of esters is 1. The van der Waals surface area contributed by atoms with Crippen molar-refractivity contribution < 1.29 is 14.3 Å². The molecule has 0 aliphatic carbocycles. The molecule has 0 saturated carbocycles. The highest BCUT2D eigenvalue weighted by atomic mass is 16.5. The molecule has 128 valence electrons. The number of para-hydroxylation sites is 1. The van der Waals surface area contributed by atoms with Crippen molar-refractivity contribution in [1.29, 1.82) is 0 Å². The fourth-order valence-corrected chi connectivity index (χ4v) is 2.52. The molecule has 1 amide bonds. The van der Waals surface area contributed by atoms with Crippen LogP contribution in [0.1, 0.15) is 15.9 Å². The maximum absolute atomic E-state index is 11.8. The highest BCUT2D eigenvalue weighted by molar-refractivity contribution is 5.90. The molecule has 2 heterocycles. The van der Waals surface area contributed by atoms with Crippen LogP contribution in [0, 0.1) is 0 Å². The van der Waals surface area contributed by atoms with Crippen molar-refractivity contribution in [2.45, 2.75) is 6.42 Å². The largest absolute Gasteiger partial charge is 0.452 e. The molecular weight excluding hydrogens is 322 g/mol. The van der Waals surface area contributed by atoms with E-state index in [0.717, 1.165) is 16.5 Å². The van der Waals surface area contributed by atoms with Gasteiger partial charge in [-0.3, -0.25) is 9.59 Å². The van der Waals surface area contributed by atoms with Crippen LogP contribution >= 0.6 is 0 Å². The second kappa shape index (κ2) is 7.48. The lowest BCUT2D eigenvalue weighted by Gasteiger charge is -2.06. The molecule has 0 aliphatic heterocycles. The summed E-state index contributed by atoms with van der Waals surface area (Å²) in [6.07, 6.45) is 3.98. The van der Waals surface area contributed by atoms with E-state index in [1.54, 1.807) is 0 Å². The molecule has 0 bridgehead atoms. The number of nitrogens with one attached hydrogen (secondary N) is 3. The third-order valence-corrected chi connectivity index (χ3v) is 3.76. The highest BCUT2D eigenvalue weighted by Crippen LogP contribution is 2.17. The first kappa shape index (κ1) is 16.5. The van der Waals surface area contributed by atoms with Crippen molar-refractivity contribution >= 4 is 22.8 Å². The van der Waals surface area contributed by atoms with Crippen LogP contribution in [0.5, 0.6) is 0 Å². The predicted octanol–water partition coefficient (Wildman–Crippen LogP) is 1.37. The molecule has 1 aromatic carbocycles. The number of H-pyrrole nitrogens is 2. The monoisotopic (exact) mass is 339 g/mol. The molecule has 3 N–H and O–H groups in total. The molecule has 0 atom stereocenters. The van der Waals surface area contributed by atoms with Gasteiger partial charge < -0.3 is 20.0 Å². The first-order valence-electron chi connectivity index (χ1n) is 7.81. The van der Waals surface area contributed by atoms with Crippen LogP contribution in [0.2, 0.25) is 0 Å². The number of carbonyl (C=O) groups is 2. The number of fused-ring (bicyclic) bond motifs is 1. The predicted molar refractivity (Wildman–Crippen MR) is 92.4 cm³/mol. The number of pyridine rings is 1. The molecule has 25 heavy (non-hydrogen) atoms. The minimum Gasteiger partial charge on any atom is -0.452 e. The minimum atomic E-state index is -0.825. The van der Waals surface area contributed by atoms with Crippen LogP contribution in [0.3, 0.4) is 0 Å². The van der Waals surface area contributed by atoms with Gasteiger partial charge in [0.15, 0.2) is 6.61 Å². The Labute approximate surface area is 143 Å². The number of amides is 1. The lowest BCUT2D eigenvalue weighted by molar-refractivity contribution is -0.124. The zero-order chi connectivity index (χ0) is 17.6. The lowest BCUT2D eigenvalue weighted by atomic mass is 10.1. The number of benzene rings is 1. The maximum atomic E-state index is 11.8. The molecule has 3 aromatic rings. The van der Waals surface area contributed by atoms with Gasteiger partial charge in [-0.05, 0) is 30.2 Å². The summed E-state index contributed by atoms with van der Waals surface area (Å²) in [7, 11) is 0. The Bertz CT molecular complexity index is 958. The fraction of sp³-hybridized carbons (Fsp3) is 0.167. The Hall–Kier alpha value is -3.35. The number of aromatic amines is 2. The first-order valence-corrected chi connectivity index (χ1v) is 7.81. The summed E-state index contributed by atoms with van der Waals surface area (Å²) in [4.78, 5) is 40.5. The molecule has 2 aromatic heterocycles. The summed E-state index contributed by atoms with van der Waals surface area (Å²) in [5.41, 5.74) is 1.47. The molecule has 0 spiro atoms. The van der Waals surface area contributed by atoms with E-state index in [4.69, 9.17) is 4.74 Å². The SMILES string of the molecule is O=C(COC(=O)c1ccc[nH]c1=O)NCCc1c[nH]c2ccccc12. The van der Waals surface area contributed by atoms with E-state index in [2.05, 4.69) is 15.3 Å². The van der Waals surface area contributed by atoms with Crippen LogP contribution in [-0.2, 0) is 16.0 Å². The number of carbonyl (C=O) groups excluding carboxylic acids is 2. The molecule has 0 aliphatic rings. The standard InChI is InChI=1S/C18H17N3O4/c22-16(11-25-18(24)14-5-3-8-20-17(14)23)19-9-7-12-10-21-15-6-2-1-4-13(12)15/h1-6,8,10,21H,7,9,11H2,(H,19,22)(H,20,23). The zero-order valence-electron chi connectivity index (χ0n) is 13.4. The zero-order valence-corrected chi connectivity index (χ0v) is 13.4. The summed E-state index contributed by atoms with van der Waals surface area (Å²) >= 11 is 0. The molecule has 7 nitrogen and oxygen atoms in total. The van der Waals surface area contributed by atoms with Crippen molar-refractivity contribution in [1.82, 2.24) is 15.3 Å². The Kier molecular flexibility index (Phi) is 4.94. The van der Waals surface area contributed by atoms with Gasteiger partial charge in [0.05, 0.1) is 0 Å². The maximum Gasteiger partial charge on any atom is 0.344 e. The summed E-state index contributed by atoms with van der Waals surface area (Å²) < 4.78 is 4.85. The van der Waals surface area contributed by atoms with Gasteiger partial charge >= 0.3 is 5.97 Å². The van der Waals surface area contributed by atoms with Crippen molar-refractivity contribution in [3.63, 3.8) is 0 Å². The lowest BCUT2D eigenvalue weighted by Crippen LogP contribution is -2.31. The van der Waals surface area contributed by atoms with E-state index >= 15 is 0 Å². The van der Waals surface area contributed by atoms with Gasteiger partial charge in [0.25, 0.3) is 11.5 Å². The molecular formula is C18H17N3O4. The smallest absolute Gasteiger partial charge is 0.344 e. The first-order chi connectivity index (χ1) is 12.1. The minimum absolute atomic E-state index is 0.130. The molecule has 7 heteroatoms. The van der Waals surface area contributed by atoms with Gasteiger partial charge in [-0.25, -0.2) is 4.79 Å². The number of aromatic nitrogens is 2. The van der Waals surface area contributed by atoms with E-state index < -0.39 is 24.0 Å². The van der Waals surface area contributed by atoms with Crippen LogP contribution in [0.4, 0.5) is 0 Å². The molecule has 0 radical (unpaired) electrons. The van der Waals surface area contributed by atoms with E-state index in [1.165, 1.54) is 18.3 Å². The van der Waals surface area contributed by atoms with Gasteiger partial charge in [0.1, 0.15) is 5.56 Å². The van der Waals surface area contributed by atoms with E-state index in [0.29, 0.717) is 13.0 Å². The van der Waals surface area contributed by atoms with Gasteiger partial charge in [-0.1, -0.05) is 18.2 Å². The van der Waals surface area contributed by atoms with Crippen LogP contribution in [0.25, 0.3) is 10.9 Å². The Morgan fingerprint density at radius 2 is 1.92 bits per heavy atom. The number of ether oxygens (including phenoxy) is 1. The van der Waals surface area contributed by atoms with E-state index in [9.17, 15) is 14.4 Å². The molecule has 3 rings (SSSR count). The quantitative estimate of drug-likeness (QED) is 0.590. The topological polar surface area (TPSA) is 104 Å². The third kappa shape index (κ3) is 3.95. The van der Waals surface area contributed by atoms with Crippen LogP contribution in [0.15, 0.2) is 53.6 Å². The fourth-order valence-electron chi connectivity index (χ4n) is 2.52. The van der Waals surface area contributed by atoms with Gasteiger partial charge in [0, 0.05) is 29.8 Å². The second-order valence-corrected chi connectivity index (χ2v) is 5.45. The molecule has 0 saturated heterocycles. The second-order valence-electron chi connectivity index (χ2n) is 5.45. The van der Waals surface area contributed by atoms with E-state index in [1.807, 2.05) is 30.5 Å². The normalized spacial score (nSPS) is 10.6. The molecule has 0 unspecified atom stereocenters. The number of hydrogen-bond donors (Lipinski definition) is 3. The average molecular weight is 339 g/mol. The van der Waals surface area contributed by atoms with Gasteiger partial charge in [0.2, 0.25) is 0 Å². The van der Waals surface area contributed by atoms with Crippen molar-refractivity contribution in [3.05, 3.63) is 70.3 Å². The molecule has 0 fully saturated rings. The summed E-state index contributed by atoms with van der Waals surface area (Å²) in [6.45, 7) is -0.00873. The number of rotatable bonds is 6. The summed E-state index contributed by atoms with van der Waals surface area (Å²) in [6, 6.07) is 10.8. The summed E-state index contributed by atoms with van der Waals surface area (Å²) in [5.74, 6) is -1.24. The van der Waals surface area contributed by atoms with Crippen molar-refractivity contribution in [3.8, 4) is 0 Å². The number of hydrogen-bond acceptors (Lipinski definition) is 4. The van der Waals surface area contributed by atoms with Crippen LogP contribution < -0.4 is 10.9 Å². The highest BCUT2D eigenvalue weighted by Gasteiger charge is 2.13. The third-order valence-electron chi connectivity index (χ3n) is 3.76. The van der Waals surface area contributed by atoms with Crippen LogP contribution in [-0.4, -0.2) is 35.0 Å². The van der Waals surface area contributed by atoms with Gasteiger partial charge in [-0.15, -0.1) is 0 Å². The summed E-state index contributed by atoms with van der Waals surface area (Å²) in [5, 5.41) is 3.81. The van der Waals surface area contributed by atoms with E-state index in [-0.39, 0.29) is 5.56 Å². The van der Waals surface area contributed by atoms with Crippen molar-refractivity contribution in [2.75, 3.05) is 13.2 Å².